The van der Waals surface area contributed by atoms with E-state index in [0.29, 0.717) is 17.4 Å². The van der Waals surface area contributed by atoms with Crippen LogP contribution in [0.2, 0.25) is 0 Å². The van der Waals surface area contributed by atoms with Crippen LogP contribution in [-0.4, -0.2) is 29.7 Å². The highest BCUT2D eigenvalue weighted by molar-refractivity contribution is 5.90. The third-order valence-electron chi connectivity index (χ3n) is 14.3. The van der Waals surface area contributed by atoms with Gasteiger partial charge in [0.1, 0.15) is 0 Å². The average Bonchev–Trinajstić information content (AvgIpc) is 3.38. The van der Waals surface area contributed by atoms with E-state index in [4.69, 9.17) is 10.5 Å². The van der Waals surface area contributed by atoms with Crippen LogP contribution >= 0.6 is 0 Å². The van der Waals surface area contributed by atoms with Crippen LogP contribution < -0.4 is 11.2 Å². The lowest BCUT2D eigenvalue weighted by atomic mass is 9.34. The van der Waals surface area contributed by atoms with E-state index >= 15 is 0 Å². The largest absolute Gasteiger partial charge is 0.465 e. The number of hydroxylamine groups is 1. The number of benzene rings is 1. The fourth-order valence-electron chi connectivity index (χ4n) is 12.3. The molecule has 1 aromatic carbocycles. The Balaban J connectivity index is 1.36. The lowest BCUT2D eigenvalue weighted by Gasteiger charge is -2.71. The first-order valence-corrected chi connectivity index (χ1v) is 16.5. The summed E-state index contributed by atoms with van der Waals surface area (Å²) in [5.74, 6) is 1.11. The van der Waals surface area contributed by atoms with Crippen molar-refractivity contribution >= 4 is 17.4 Å². The quantitative estimate of drug-likeness (QED) is 0.148. The molecule has 2 unspecified atom stereocenters. The first kappa shape index (κ1) is 30.6. The molecule has 1 amide bonds. The van der Waals surface area contributed by atoms with Crippen molar-refractivity contribution in [1.82, 2.24) is 5.48 Å². The molecule has 4 N–H and O–H groups in total. The van der Waals surface area contributed by atoms with Crippen LogP contribution in [0.5, 0.6) is 0 Å². The summed E-state index contributed by atoms with van der Waals surface area (Å²) in [5.41, 5.74) is 13.3. The molecule has 1 aromatic rings. The maximum Gasteiger partial charge on any atom is 0.337 e. The zero-order valence-corrected chi connectivity index (χ0v) is 27.1. The molecule has 5 aliphatic rings. The van der Waals surface area contributed by atoms with Gasteiger partial charge in [-0.3, -0.25) is 10.0 Å². The minimum absolute atomic E-state index is 0.0306. The number of hydrogen-bond donors (Lipinski definition) is 3. The molecule has 0 spiro atoms. The molecule has 6 heteroatoms. The van der Waals surface area contributed by atoms with Crippen molar-refractivity contribution in [2.45, 2.75) is 97.9 Å². The minimum Gasteiger partial charge on any atom is -0.465 e. The number of allylic oxidation sites excluding steroid dienone is 3. The molecular weight excluding hydrogens is 536 g/mol. The second kappa shape index (κ2) is 10.0. The van der Waals surface area contributed by atoms with Gasteiger partial charge in [-0.25, -0.2) is 10.3 Å². The van der Waals surface area contributed by atoms with E-state index in [2.05, 4.69) is 64.9 Å². The maximum absolute atomic E-state index is 13.3. The molecule has 0 radical (unpaired) electrons. The number of nitrogens with two attached hydrogens (primary N) is 1. The molecule has 0 heterocycles. The first-order chi connectivity index (χ1) is 20.2. The lowest BCUT2D eigenvalue weighted by Crippen LogP contribution is -2.74. The molecule has 9 atom stereocenters. The van der Waals surface area contributed by atoms with E-state index < -0.39 is 5.41 Å². The van der Waals surface area contributed by atoms with Gasteiger partial charge in [0.15, 0.2) is 0 Å². The third-order valence-corrected chi connectivity index (χ3v) is 14.3. The number of amides is 1. The van der Waals surface area contributed by atoms with Crippen LogP contribution in [0.3, 0.4) is 0 Å². The Kier molecular flexibility index (Phi) is 7.14. The number of carbonyl (C=O) groups excluding carboxylic acids is 2. The number of carbonyl (C=O) groups is 2. The molecule has 4 saturated carbocycles. The molecule has 5 aliphatic carbocycles. The SMILES string of the molecule is C=C(C)C1CCC2(C(=O)NO)CC[C@]3(N)[C@H](CC[C@@H]4[C@@]5(C)CC=C(c6ccc(C(=O)OC)cc6)C(C)(C)[C@@H]5CC[C@]43C)[C@@H]12. The molecule has 0 aromatic heterocycles. The summed E-state index contributed by atoms with van der Waals surface area (Å²) in [6.45, 7) is 16.3. The summed E-state index contributed by atoms with van der Waals surface area (Å²) in [5, 5.41) is 9.84. The van der Waals surface area contributed by atoms with Crippen LogP contribution in [0.4, 0.5) is 0 Å². The van der Waals surface area contributed by atoms with Gasteiger partial charge in [-0.2, -0.15) is 0 Å². The minimum atomic E-state index is -0.551. The summed E-state index contributed by atoms with van der Waals surface area (Å²) in [6, 6.07) is 7.91. The second-order valence-corrected chi connectivity index (χ2v) is 16.0. The van der Waals surface area contributed by atoms with E-state index in [-0.39, 0.29) is 51.4 Å². The molecule has 0 bridgehead atoms. The van der Waals surface area contributed by atoms with E-state index in [1.54, 1.807) is 0 Å². The van der Waals surface area contributed by atoms with Crippen molar-refractivity contribution in [2.75, 3.05) is 7.11 Å². The maximum atomic E-state index is 13.3. The van der Waals surface area contributed by atoms with Gasteiger partial charge in [-0.15, -0.1) is 0 Å². The average molecular weight is 589 g/mol. The van der Waals surface area contributed by atoms with E-state index in [1.165, 1.54) is 18.2 Å². The normalized spacial score (nSPS) is 42.8. The standard InChI is InChI=1S/C37H52N2O4/c1-22(2)25-14-19-36(32(41)39-42)20-21-37(38)27(30(25)36)12-13-29-34(5)17-15-26(23-8-10-24(11-9-23)31(40)43-7)33(3,4)28(34)16-18-35(29,37)6/h8-11,15,25,27-30,42H,1,12-14,16-21,38H2,2-7H3,(H,39,41)/t25?,27-,28+,29-,30-,34+,35-,36?,37+/m1/s1. The highest BCUT2D eigenvalue weighted by Gasteiger charge is 2.72. The summed E-state index contributed by atoms with van der Waals surface area (Å²) in [4.78, 5) is 25.4. The molecule has 234 valence electrons. The molecule has 4 fully saturated rings. The van der Waals surface area contributed by atoms with Gasteiger partial charge in [0.2, 0.25) is 5.91 Å². The van der Waals surface area contributed by atoms with Crippen LogP contribution in [0.15, 0.2) is 42.5 Å². The van der Waals surface area contributed by atoms with Crippen LogP contribution in [0.1, 0.15) is 108 Å². The summed E-state index contributed by atoms with van der Waals surface area (Å²) >= 11 is 0. The van der Waals surface area contributed by atoms with Crippen molar-refractivity contribution in [3.63, 3.8) is 0 Å². The Hall–Kier alpha value is -2.44. The number of fused-ring (bicyclic) bond motifs is 7. The van der Waals surface area contributed by atoms with Gasteiger partial charge in [-0.1, -0.05) is 58.1 Å². The van der Waals surface area contributed by atoms with Crippen molar-refractivity contribution in [3.8, 4) is 0 Å². The fourth-order valence-corrected chi connectivity index (χ4v) is 12.3. The van der Waals surface area contributed by atoms with Gasteiger partial charge in [0.25, 0.3) is 0 Å². The van der Waals surface area contributed by atoms with Crippen molar-refractivity contribution in [1.29, 1.82) is 0 Å². The Bertz CT molecular complexity index is 1360. The number of nitrogens with one attached hydrogen (secondary N) is 1. The fraction of sp³-hybridized carbons (Fsp3) is 0.676. The Morgan fingerprint density at radius 3 is 2.30 bits per heavy atom. The van der Waals surface area contributed by atoms with Crippen LogP contribution in [0, 0.1) is 51.2 Å². The molecule has 0 aliphatic heterocycles. The zero-order valence-electron chi connectivity index (χ0n) is 27.1. The number of methoxy groups -OCH3 is 1. The Morgan fingerprint density at radius 1 is 0.977 bits per heavy atom. The van der Waals surface area contributed by atoms with E-state index in [0.717, 1.165) is 63.4 Å². The number of rotatable bonds is 4. The van der Waals surface area contributed by atoms with Crippen molar-refractivity contribution in [3.05, 3.63) is 53.6 Å². The highest BCUT2D eigenvalue weighted by atomic mass is 16.5. The summed E-state index contributed by atoms with van der Waals surface area (Å²) in [7, 11) is 1.42. The smallest absolute Gasteiger partial charge is 0.337 e. The Labute approximate surface area is 257 Å². The molecule has 6 rings (SSSR count). The predicted octanol–water partition coefficient (Wildman–Crippen LogP) is 7.32. The van der Waals surface area contributed by atoms with Gasteiger partial charge < -0.3 is 10.5 Å². The zero-order chi connectivity index (χ0) is 31.2. The number of ether oxygens (including phenoxy) is 1. The van der Waals surface area contributed by atoms with Crippen molar-refractivity contribution in [2.24, 2.45) is 57.0 Å². The second-order valence-electron chi connectivity index (χ2n) is 16.0. The van der Waals surface area contributed by atoms with Crippen molar-refractivity contribution < 1.29 is 19.5 Å². The Morgan fingerprint density at radius 2 is 1.67 bits per heavy atom. The van der Waals surface area contributed by atoms with Crippen LogP contribution in [0.25, 0.3) is 5.57 Å². The highest BCUT2D eigenvalue weighted by Crippen LogP contribution is 2.74. The third kappa shape index (κ3) is 3.97. The molecular formula is C37H52N2O4. The topological polar surface area (TPSA) is 102 Å². The van der Waals surface area contributed by atoms with Gasteiger partial charge in [-0.05, 0) is 134 Å². The van der Waals surface area contributed by atoms with Gasteiger partial charge in [0, 0.05) is 5.54 Å². The summed E-state index contributed by atoms with van der Waals surface area (Å²) in [6.07, 6.45) is 11.2. The molecule has 43 heavy (non-hydrogen) atoms. The molecule has 6 nitrogen and oxygen atoms in total. The monoisotopic (exact) mass is 588 g/mol. The summed E-state index contributed by atoms with van der Waals surface area (Å²) < 4.78 is 4.92. The van der Waals surface area contributed by atoms with Crippen LogP contribution in [-0.2, 0) is 9.53 Å². The van der Waals surface area contributed by atoms with Gasteiger partial charge in [0.05, 0.1) is 18.1 Å². The van der Waals surface area contributed by atoms with E-state index in [1.807, 2.05) is 12.1 Å². The lowest BCUT2D eigenvalue weighted by molar-refractivity contribution is -0.196. The predicted molar refractivity (Wildman–Crippen MR) is 169 cm³/mol. The number of hydrogen-bond acceptors (Lipinski definition) is 5. The first-order valence-electron chi connectivity index (χ1n) is 16.5. The van der Waals surface area contributed by atoms with Gasteiger partial charge >= 0.3 is 5.97 Å². The van der Waals surface area contributed by atoms with E-state index in [9.17, 15) is 14.8 Å². The number of esters is 1. The molecule has 0 saturated heterocycles.